The largest absolute Gasteiger partial charge is 0.344 e. The van der Waals surface area contributed by atoms with Crippen molar-refractivity contribution in [1.29, 1.82) is 0 Å². The molecular weight excluding hydrogens is 374 g/mol. The summed E-state index contributed by atoms with van der Waals surface area (Å²) in [6.07, 6.45) is 0. The van der Waals surface area contributed by atoms with Crippen LogP contribution in [0.2, 0.25) is 5.02 Å². The van der Waals surface area contributed by atoms with Crippen LogP contribution in [0.4, 0.5) is 17.1 Å². The molecule has 0 aliphatic carbocycles. The van der Waals surface area contributed by atoms with Crippen LogP contribution in [0.15, 0.2) is 78.9 Å². The first-order valence-electron chi connectivity index (χ1n) is 8.76. The Morgan fingerprint density at radius 3 is 2.25 bits per heavy atom. The number of carbonyl (C=O) groups is 2. The Bertz CT molecular complexity index is 959. The molecule has 0 unspecified atom stereocenters. The summed E-state index contributed by atoms with van der Waals surface area (Å²) in [5.41, 5.74) is 2.83. The molecule has 0 bridgehead atoms. The van der Waals surface area contributed by atoms with Gasteiger partial charge in [-0.15, -0.1) is 0 Å². The fraction of sp³-hybridized carbons (Fsp3) is 0.0909. The zero-order chi connectivity index (χ0) is 19.9. The van der Waals surface area contributed by atoms with E-state index in [2.05, 4.69) is 10.6 Å². The van der Waals surface area contributed by atoms with Crippen molar-refractivity contribution >= 4 is 40.5 Å². The summed E-state index contributed by atoms with van der Waals surface area (Å²) < 4.78 is 0. The van der Waals surface area contributed by atoms with Crippen molar-refractivity contribution in [3.05, 3.63) is 89.4 Å². The van der Waals surface area contributed by atoms with Gasteiger partial charge in [0.25, 0.3) is 5.91 Å². The molecule has 0 saturated heterocycles. The van der Waals surface area contributed by atoms with Crippen LogP contribution in [0.25, 0.3) is 0 Å². The maximum atomic E-state index is 12.7. The second-order valence-corrected chi connectivity index (χ2v) is 6.59. The first-order valence-corrected chi connectivity index (χ1v) is 9.14. The number of halogens is 1. The predicted octanol–water partition coefficient (Wildman–Crippen LogP) is 4.48. The number of carbonyl (C=O) groups excluding carboxylic acids is 2. The Morgan fingerprint density at radius 1 is 0.893 bits per heavy atom. The minimum Gasteiger partial charge on any atom is -0.344 e. The maximum absolute atomic E-state index is 12.7. The molecular formula is C22H20ClN3O2. The number of nitrogens with zero attached hydrogens (tertiary/aromatic N) is 1. The van der Waals surface area contributed by atoms with Crippen LogP contribution < -0.4 is 15.5 Å². The van der Waals surface area contributed by atoms with Gasteiger partial charge < -0.3 is 15.5 Å². The van der Waals surface area contributed by atoms with Gasteiger partial charge >= 0.3 is 0 Å². The predicted molar refractivity (Wildman–Crippen MR) is 113 cm³/mol. The molecule has 0 fully saturated rings. The van der Waals surface area contributed by atoms with Crippen LogP contribution in [-0.2, 0) is 4.79 Å². The standard InChI is InChI=1S/C22H20ClN3O2/c1-26(18-7-3-2-4-8-18)20-10-6-5-9-19(20)22(28)24-15-21(27)25-17-13-11-16(23)12-14-17/h2-14H,15H2,1H3,(H,24,28)(H,25,27). The van der Waals surface area contributed by atoms with Crippen LogP contribution in [0.1, 0.15) is 10.4 Å². The zero-order valence-corrected chi connectivity index (χ0v) is 16.1. The van der Waals surface area contributed by atoms with Gasteiger partial charge in [0, 0.05) is 23.4 Å². The Morgan fingerprint density at radius 2 is 1.54 bits per heavy atom. The van der Waals surface area contributed by atoms with Crippen LogP contribution in [0.3, 0.4) is 0 Å². The topological polar surface area (TPSA) is 61.4 Å². The first kappa shape index (κ1) is 19.5. The maximum Gasteiger partial charge on any atom is 0.253 e. The minimum absolute atomic E-state index is 0.134. The third-order valence-corrected chi connectivity index (χ3v) is 4.44. The van der Waals surface area contributed by atoms with Gasteiger partial charge in [-0.25, -0.2) is 0 Å². The van der Waals surface area contributed by atoms with Gasteiger partial charge in [0.05, 0.1) is 17.8 Å². The van der Waals surface area contributed by atoms with Crippen molar-refractivity contribution in [2.45, 2.75) is 0 Å². The smallest absolute Gasteiger partial charge is 0.253 e. The van der Waals surface area contributed by atoms with E-state index in [4.69, 9.17) is 11.6 Å². The fourth-order valence-electron chi connectivity index (χ4n) is 2.74. The molecule has 0 aliphatic heterocycles. The normalized spacial score (nSPS) is 10.2. The first-order chi connectivity index (χ1) is 13.5. The Balaban J connectivity index is 1.66. The van der Waals surface area contributed by atoms with Crippen LogP contribution >= 0.6 is 11.6 Å². The zero-order valence-electron chi connectivity index (χ0n) is 15.4. The lowest BCUT2D eigenvalue weighted by Crippen LogP contribution is -2.33. The summed E-state index contributed by atoms with van der Waals surface area (Å²) in [5, 5.41) is 5.98. The Kier molecular flexibility index (Phi) is 6.29. The number of hydrogen-bond donors (Lipinski definition) is 2. The molecule has 142 valence electrons. The Hall–Kier alpha value is -3.31. The van der Waals surface area contributed by atoms with Crippen molar-refractivity contribution in [3.63, 3.8) is 0 Å². The quantitative estimate of drug-likeness (QED) is 0.649. The molecule has 0 atom stereocenters. The van der Waals surface area contributed by atoms with Gasteiger partial charge in [0.1, 0.15) is 0 Å². The van der Waals surface area contributed by atoms with Gasteiger partial charge in [-0.3, -0.25) is 9.59 Å². The molecule has 6 heteroatoms. The molecule has 3 aromatic carbocycles. The van der Waals surface area contributed by atoms with Crippen LogP contribution in [0.5, 0.6) is 0 Å². The summed E-state index contributed by atoms with van der Waals surface area (Å²) in [6.45, 7) is -0.134. The van der Waals surface area contributed by atoms with E-state index in [0.29, 0.717) is 16.3 Å². The molecule has 3 aromatic rings. The molecule has 0 saturated carbocycles. The van der Waals surface area contributed by atoms with E-state index in [1.54, 1.807) is 36.4 Å². The molecule has 0 aromatic heterocycles. The van der Waals surface area contributed by atoms with E-state index in [1.165, 1.54) is 0 Å². The van der Waals surface area contributed by atoms with Crippen molar-refractivity contribution in [2.24, 2.45) is 0 Å². The molecule has 0 spiro atoms. The SMILES string of the molecule is CN(c1ccccc1)c1ccccc1C(=O)NCC(=O)Nc1ccc(Cl)cc1. The number of anilines is 3. The second-order valence-electron chi connectivity index (χ2n) is 6.15. The number of rotatable bonds is 6. The molecule has 0 heterocycles. The summed E-state index contributed by atoms with van der Waals surface area (Å²) in [7, 11) is 1.90. The Labute approximate surface area is 168 Å². The average Bonchev–Trinajstić information content (AvgIpc) is 2.74. The van der Waals surface area contributed by atoms with Gasteiger partial charge in [0.15, 0.2) is 0 Å². The molecule has 28 heavy (non-hydrogen) atoms. The summed E-state index contributed by atoms with van der Waals surface area (Å²) >= 11 is 5.83. The highest BCUT2D eigenvalue weighted by molar-refractivity contribution is 6.30. The average molecular weight is 394 g/mol. The summed E-state index contributed by atoms with van der Waals surface area (Å²) in [4.78, 5) is 26.7. The van der Waals surface area contributed by atoms with Crippen molar-refractivity contribution in [2.75, 3.05) is 23.8 Å². The number of amides is 2. The van der Waals surface area contributed by atoms with Crippen LogP contribution in [-0.4, -0.2) is 25.4 Å². The lowest BCUT2D eigenvalue weighted by atomic mass is 10.1. The van der Waals surface area contributed by atoms with Gasteiger partial charge in [-0.1, -0.05) is 41.9 Å². The number of benzene rings is 3. The van der Waals surface area contributed by atoms with E-state index in [-0.39, 0.29) is 18.4 Å². The lowest BCUT2D eigenvalue weighted by molar-refractivity contribution is -0.115. The van der Waals surface area contributed by atoms with E-state index in [1.807, 2.05) is 54.4 Å². The molecule has 3 rings (SSSR count). The second kappa shape index (κ2) is 9.06. The molecule has 0 radical (unpaired) electrons. The molecule has 2 N–H and O–H groups in total. The third-order valence-electron chi connectivity index (χ3n) is 4.19. The fourth-order valence-corrected chi connectivity index (χ4v) is 2.87. The van der Waals surface area contributed by atoms with Gasteiger partial charge in [0.2, 0.25) is 5.91 Å². The lowest BCUT2D eigenvalue weighted by Gasteiger charge is -2.22. The number of nitrogens with one attached hydrogen (secondary N) is 2. The monoisotopic (exact) mass is 393 g/mol. The van der Waals surface area contributed by atoms with Crippen molar-refractivity contribution in [1.82, 2.24) is 5.32 Å². The van der Waals surface area contributed by atoms with Gasteiger partial charge in [-0.2, -0.15) is 0 Å². The number of hydrogen-bond acceptors (Lipinski definition) is 3. The highest BCUT2D eigenvalue weighted by atomic mass is 35.5. The molecule has 5 nitrogen and oxygen atoms in total. The van der Waals surface area contributed by atoms with Crippen molar-refractivity contribution < 1.29 is 9.59 Å². The molecule has 2 amide bonds. The minimum atomic E-state index is -0.315. The van der Waals surface area contributed by atoms with Crippen molar-refractivity contribution in [3.8, 4) is 0 Å². The summed E-state index contributed by atoms with van der Waals surface area (Å²) in [5.74, 6) is -0.630. The highest BCUT2D eigenvalue weighted by Gasteiger charge is 2.15. The van der Waals surface area contributed by atoms with E-state index < -0.39 is 0 Å². The van der Waals surface area contributed by atoms with E-state index in [0.717, 1.165) is 11.4 Å². The van der Waals surface area contributed by atoms with E-state index >= 15 is 0 Å². The molecule has 0 aliphatic rings. The highest BCUT2D eigenvalue weighted by Crippen LogP contribution is 2.26. The van der Waals surface area contributed by atoms with E-state index in [9.17, 15) is 9.59 Å². The van der Waals surface area contributed by atoms with Gasteiger partial charge in [-0.05, 0) is 48.5 Å². The third kappa shape index (κ3) is 4.90. The summed E-state index contributed by atoms with van der Waals surface area (Å²) in [6, 6.07) is 23.8. The number of para-hydroxylation sites is 2. The van der Waals surface area contributed by atoms with Crippen LogP contribution in [0, 0.1) is 0 Å².